The minimum Gasteiger partial charge on any atom is -0.482 e. The highest BCUT2D eigenvalue weighted by Crippen LogP contribution is 2.34. The highest BCUT2D eigenvalue weighted by molar-refractivity contribution is 6.09. The van der Waals surface area contributed by atoms with E-state index in [1.54, 1.807) is 12.3 Å². The number of aliphatic hydroxyl groups excluding tert-OH is 4. The number of rotatable bonds is 7. The van der Waals surface area contributed by atoms with Crippen molar-refractivity contribution in [3.8, 4) is 5.75 Å². The molecule has 0 saturated carbocycles. The molecule has 2 unspecified atom stereocenters. The van der Waals surface area contributed by atoms with E-state index in [9.17, 15) is 20.4 Å². The molecule has 0 aliphatic carbocycles. The second-order valence-corrected chi connectivity index (χ2v) is 9.02. The lowest BCUT2D eigenvalue weighted by Gasteiger charge is -2.39. The smallest absolute Gasteiger partial charge is 0.195 e. The van der Waals surface area contributed by atoms with Gasteiger partial charge in [0.25, 0.3) is 0 Å². The van der Waals surface area contributed by atoms with E-state index in [1.165, 1.54) is 5.56 Å². The minimum absolute atomic E-state index is 0.427. The predicted molar refractivity (Wildman–Crippen MR) is 131 cm³/mol. The number of nitrogens with zero attached hydrogens (tertiary/aromatic N) is 2. The lowest BCUT2D eigenvalue weighted by Crippen LogP contribution is -2.60. The summed E-state index contributed by atoms with van der Waals surface area (Å²) in [5.41, 5.74) is 4.24. The van der Waals surface area contributed by atoms with Crippen molar-refractivity contribution in [3.05, 3.63) is 72.1 Å². The van der Waals surface area contributed by atoms with Crippen molar-refractivity contribution in [3.63, 3.8) is 0 Å². The van der Waals surface area contributed by atoms with Gasteiger partial charge in [0.1, 0.15) is 24.1 Å². The SMILES string of the molecule is Cc1nccc2c3ccc(OC4[C@@H](O)C(O)[C@@H](CO)O[C@H]4O)cc3n(CCCc3ccccc3)c12. The highest BCUT2D eigenvalue weighted by atomic mass is 16.7. The number of hydrogen-bond acceptors (Lipinski definition) is 7. The molecule has 1 saturated heterocycles. The van der Waals surface area contributed by atoms with E-state index >= 15 is 0 Å². The van der Waals surface area contributed by atoms with Crippen LogP contribution in [0.15, 0.2) is 60.8 Å². The first-order valence-electron chi connectivity index (χ1n) is 11.9. The molecule has 2 aromatic carbocycles. The van der Waals surface area contributed by atoms with Crippen molar-refractivity contribution in [2.75, 3.05) is 6.61 Å². The fourth-order valence-corrected chi connectivity index (χ4v) is 4.95. The number of ether oxygens (including phenoxy) is 2. The molecule has 1 aliphatic heterocycles. The summed E-state index contributed by atoms with van der Waals surface area (Å²) in [5.74, 6) is 0.427. The van der Waals surface area contributed by atoms with Crippen molar-refractivity contribution in [2.24, 2.45) is 0 Å². The van der Waals surface area contributed by atoms with Gasteiger partial charge in [0, 0.05) is 29.6 Å². The summed E-state index contributed by atoms with van der Waals surface area (Å²) < 4.78 is 13.4. The number of aromatic nitrogens is 2. The second-order valence-electron chi connectivity index (χ2n) is 9.02. The van der Waals surface area contributed by atoms with E-state index in [4.69, 9.17) is 9.47 Å². The van der Waals surface area contributed by atoms with Gasteiger partial charge in [-0.3, -0.25) is 4.98 Å². The van der Waals surface area contributed by atoms with Crippen LogP contribution >= 0.6 is 0 Å². The first-order valence-corrected chi connectivity index (χ1v) is 11.9. The van der Waals surface area contributed by atoms with Gasteiger partial charge < -0.3 is 34.5 Å². The van der Waals surface area contributed by atoms with Crippen molar-refractivity contribution in [1.82, 2.24) is 9.55 Å². The minimum atomic E-state index is -1.50. The molecule has 2 aromatic heterocycles. The summed E-state index contributed by atoms with van der Waals surface area (Å²) in [6, 6.07) is 18.0. The van der Waals surface area contributed by atoms with Crippen molar-refractivity contribution in [2.45, 2.75) is 57.0 Å². The monoisotopic (exact) mass is 478 g/mol. The molecule has 3 heterocycles. The van der Waals surface area contributed by atoms with Gasteiger partial charge in [-0.1, -0.05) is 30.3 Å². The van der Waals surface area contributed by atoms with E-state index in [-0.39, 0.29) is 0 Å². The van der Waals surface area contributed by atoms with Gasteiger partial charge in [0.15, 0.2) is 12.4 Å². The molecular weight excluding hydrogens is 448 g/mol. The van der Waals surface area contributed by atoms with E-state index < -0.39 is 37.3 Å². The number of pyridine rings is 1. The zero-order chi connectivity index (χ0) is 24.5. The summed E-state index contributed by atoms with van der Waals surface area (Å²) in [6.07, 6.45) is -2.89. The normalized spacial score (nSPS) is 24.8. The lowest BCUT2D eigenvalue weighted by atomic mass is 9.99. The van der Waals surface area contributed by atoms with Crippen LogP contribution in [0.5, 0.6) is 5.75 Å². The van der Waals surface area contributed by atoms with Gasteiger partial charge in [-0.15, -0.1) is 0 Å². The van der Waals surface area contributed by atoms with Gasteiger partial charge in [-0.25, -0.2) is 0 Å². The number of aryl methyl sites for hydroxylation is 3. The third-order valence-electron chi connectivity index (χ3n) is 6.73. The van der Waals surface area contributed by atoms with Crippen molar-refractivity contribution >= 4 is 21.8 Å². The van der Waals surface area contributed by atoms with Crippen LogP contribution in [-0.2, 0) is 17.7 Å². The molecule has 0 amide bonds. The number of hydrogen-bond donors (Lipinski definition) is 4. The molecular formula is C27H30N2O6. The van der Waals surface area contributed by atoms with Crippen LogP contribution < -0.4 is 4.74 Å². The Labute approximate surface area is 203 Å². The molecule has 1 aliphatic rings. The Kier molecular flexibility index (Phi) is 6.73. The topological polar surface area (TPSA) is 117 Å². The van der Waals surface area contributed by atoms with Crippen LogP contribution in [0.2, 0.25) is 0 Å². The molecule has 5 atom stereocenters. The quantitative estimate of drug-likeness (QED) is 0.322. The Bertz CT molecular complexity index is 1310. The first kappa shape index (κ1) is 23.7. The van der Waals surface area contributed by atoms with E-state index in [1.807, 2.05) is 43.3 Å². The van der Waals surface area contributed by atoms with Crippen molar-refractivity contribution < 1.29 is 29.9 Å². The zero-order valence-electron chi connectivity index (χ0n) is 19.5. The standard InChI is InChI=1S/C27H30N2O6/c1-16-23-20(11-12-28-16)19-10-9-18(34-26-25(32)24(31)22(15-30)35-27(26)33)14-21(19)29(23)13-5-8-17-6-3-2-4-7-17/h2-4,6-7,9-12,14,22,24-27,30-33H,5,8,13,15H2,1H3/t22-,24?,25+,26?,27-/m1/s1. The average molecular weight is 479 g/mol. The Morgan fingerprint density at radius 3 is 2.57 bits per heavy atom. The van der Waals surface area contributed by atoms with Gasteiger partial charge in [-0.2, -0.15) is 0 Å². The van der Waals surface area contributed by atoms with Crippen molar-refractivity contribution in [1.29, 1.82) is 0 Å². The van der Waals surface area contributed by atoms with Crippen LogP contribution in [0, 0.1) is 6.92 Å². The van der Waals surface area contributed by atoms with Gasteiger partial charge in [-0.05, 0) is 43.5 Å². The summed E-state index contributed by atoms with van der Waals surface area (Å²) in [5, 5.41) is 42.4. The molecule has 35 heavy (non-hydrogen) atoms. The third kappa shape index (κ3) is 4.51. The van der Waals surface area contributed by atoms with Crippen LogP contribution in [0.25, 0.3) is 21.8 Å². The van der Waals surface area contributed by atoms with Gasteiger partial charge >= 0.3 is 0 Å². The largest absolute Gasteiger partial charge is 0.482 e. The molecule has 8 nitrogen and oxygen atoms in total. The molecule has 184 valence electrons. The lowest BCUT2D eigenvalue weighted by molar-refractivity contribution is -0.280. The molecule has 0 radical (unpaired) electrons. The number of fused-ring (bicyclic) bond motifs is 3. The Balaban J connectivity index is 1.47. The van der Waals surface area contributed by atoms with Gasteiger partial charge in [0.05, 0.1) is 23.3 Å². The summed E-state index contributed by atoms with van der Waals surface area (Å²) in [7, 11) is 0. The van der Waals surface area contributed by atoms with Crippen LogP contribution in [0.4, 0.5) is 0 Å². The van der Waals surface area contributed by atoms with E-state index in [0.717, 1.165) is 46.9 Å². The van der Waals surface area contributed by atoms with Gasteiger partial charge in [0.2, 0.25) is 0 Å². The summed E-state index contributed by atoms with van der Waals surface area (Å²) in [4.78, 5) is 4.51. The third-order valence-corrected chi connectivity index (χ3v) is 6.73. The van der Waals surface area contributed by atoms with E-state index in [2.05, 4.69) is 21.7 Å². The first-order chi connectivity index (χ1) is 17.0. The number of benzene rings is 2. The molecule has 0 spiro atoms. The fourth-order valence-electron chi connectivity index (χ4n) is 4.95. The summed E-state index contributed by atoms with van der Waals surface area (Å²) in [6.45, 7) is 2.25. The molecule has 5 rings (SSSR count). The number of aliphatic hydroxyl groups is 4. The summed E-state index contributed by atoms with van der Waals surface area (Å²) >= 11 is 0. The molecule has 1 fully saturated rings. The van der Waals surface area contributed by atoms with Crippen LogP contribution in [-0.4, -0.2) is 67.3 Å². The molecule has 0 bridgehead atoms. The van der Waals surface area contributed by atoms with E-state index in [0.29, 0.717) is 5.75 Å². The van der Waals surface area contributed by atoms with Crippen LogP contribution in [0.3, 0.4) is 0 Å². The average Bonchev–Trinajstić information content (AvgIpc) is 3.19. The molecule has 4 aromatic rings. The van der Waals surface area contributed by atoms with Crippen LogP contribution in [0.1, 0.15) is 17.7 Å². The second kappa shape index (κ2) is 9.93. The maximum absolute atomic E-state index is 10.5. The Morgan fingerprint density at radius 2 is 1.80 bits per heavy atom. The molecule has 8 heteroatoms. The predicted octanol–water partition coefficient (Wildman–Crippen LogP) is 2.31. The fraction of sp³-hybridized carbons (Fsp3) is 0.370. The Morgan fingerprint density at radius 1 is 1.00 bits per heavy atom. The maximum Gasteiger partial charge on any atom is 0.195 e. The Hall–Kier alpha value is -3.01. The highest BCUT2D eigenvalue weighted by Gasteiger charge is 2.45. The zero-order valence-corrected chi connectivity index (χ0v) is 19.5. The molecule has 4 N–H and O–H groups in total. The maximum atomic E-state index is 10.5.